The van der Waals surface area contributed by atoms with Gasteiger partial charge in [-0.2, -0.15) is 10.2 Å². The summed E-state index contributed by atoms with van der Waals surface area (Å²) < 4.78 is 16.8. The Morgan fingerprint density at radius 2 is 1.14 bits per heavy atom. The molecule has 0 aliphatic heterocycles. The van der Waals surface area contributed by atoms with Gasteiger partial charge in [-0.25, -0.2) is 13.8 Å². The van der Waals surface area contributed by atoms with Gasteiger partial charge < -0.3 is 11.5 Å². The van der Waals surface area contributed by atoms with Crippen molar-refractivity contribution in [3.63, 3.8) is 0 Å². The summed E-state index contributed by atoms with van der Waals surface area (Å²) in [5.74, 6) is -0.442. The SMILES string of the molecule is CC(C)(C)c1cc(CN)n(-c2ccc(Cl)cc2)n1.CC(C)(C)c1cc(CN)n(-c2ccc(F)c(Cl)c2)n1. The molecule has 4 N–H and O–H groups in total. The van der Waals surface area contributed by atoms with E-state index in [1.54, 1.807) is 16.8 Å². The molecule has 0 fully saturated rings. The van der Waals surface area contributed by atoms with E-state index < -0.39 is 5.82 Å². The van der Waals surface area contributed by atoms with Crippen LogP contribution in [0.5, 0.6) is 0 Å². The second-order valence-electron chi connectivity index (χ2n) is 10.8. The molecule has 2 aromatic carbocycles. The highest BCUT2D eigenvalue weighted by Crippen LogP contribution is 2.26. The van der Waals surface area contributed by atoms with Crippen LogP contribution < -0.4 is 11.5 Å². The maximum Gasteiger partial charge on any atom is 0.141 e. The number of hydrogen-bond donors (Lipinski definition) is 2. The van der Waals surface area contributed by atoms with Crippen molar-refractivity contribution < 1.29 is 4.39 Å². The maximum atomic E-state index is 13.2. The van der Waals surface area contributed by atoms with Crippen LogP contribution in [0, 0.1) is 5.82 Å². The van der Waals surface area contributed by atoms with Gasteiger partial charge in [0, 0.05) is 28.9 Å². The molecule has 9 heteroatoms. The van der Waals surface area contributed by atoms with Crippen molar-refractivity contribution in [3.05, 3.63) is 93.2 Å². The zero-order valence-electron chi connectivity index (χ0n) is 22.2. The second kappa shape index (κ2) is 11.4. The quantitative estimate of drug-likeness (QED) is 0.299. The van der Waals surface area contributed by atoms with Crippen LogP contribution in [0.25, 0.3) is 11.4 Å². The van der Waals surface area contributed by atoms with Crippen LogP contribution in [0.1, 0.15) is 64.3 Å². The molecule has 0 saturated carbocycles. The number of nitrogens with zero attached hydrogens (tertiary/aromatic N) is 4. The molecule has 198 valence electrons. The Morgan fingerprint density at radius 1 is 0.703 bits per heavy atom. The summed E-state index contributed by atoms with van der Waals surface area (Å²) in [5.41, 5.74) is 17.0. The standard InChI is InChI=1S/C14H17ClFN3.C14H18ClN3/c1-14(2,3)13-7-10(8-17)19(18-13)9-4-5-12(16)11(15)6-9;1-14(2,3)13-8-12(9-16)18(17-13)11-6-4-10(15)5-7-11/h4-7H,8,17H2,1-3H3;4-8H,9,16H2,1-3H3. The van der Waals surface area contributed by atoms with E-state index in [0.29, 0.717) is 18.8 Å². The Morgan fingerprint density at radius 3 is 1.54 bits per heavy atom. The molecule has 0 saturated heterocycles. The monoisotopic (exact) mass is 544 g/mol. The predicted molar refractivity (Wildman–Crippen MR) is 150 cm³/mol. The molecule has 0 aliphatic carbocycles. The lowest BCUT2D eigenvalue weighted by molar-refractivity contribution is 0.559. The van der Waals surface area contributed by atoms with Crippen molar-refractivity contribution in [3.8, 4) is 11.4 Å². The first kappa shape index (κ1) is 28.9. The zero-order valence-corrected chi connectivity index (χ0v) is 23.7. The van der Waals surface area contributed by atoms with Crippen LogP contribution in [0.3, 0.4) is 0 Å². The van der Waals surface area contributed by atoms with Crippen molar-refractivity contribution in [1.82, 2.24) is 19.6 Å². The van der Waals surface area contributed by atoms with Gasteiger partial charge in [0.1, 0.15) is 5.82 Å². The number of aromatic nitrogens is 4. The smallest absolute Gasteiger partial charge is 0.141 e. The van der Waals surface area contributed by atoms with E-state index in [4.69, 9.17) is 34.7 Å². The molecule has 0 radical (unpaired) electrons. The van der Waals surface area contributed by atoms with Crippen molar-refractivity contribution in [1.29, 1.82) is 0 Å². The Bertz CT molecular complexity index is 1340. The number of benzene rings is 2. The summed E-state index contributed by atoms with van der Waals surface area (Å²) in [6.45, 7) is 13.5. The van der Waals surface area contributed by atoms with Gasteiger partial charge in [0.2, 0.25) is 0 Å². The van der Waals surface area contributed by atoms with Gasteiger partial charge >= 0.3 is 0 Å². The molecule has 0 aliphatic rings. The molecule has 0 spiro atoms. The van der Waals surface area contributed by atoms with E-state index in [-0.39, 0.29) is 15.9 Å². The molecule has 0 unspecified atom stereocenters. The Hall–Kier alpha value is -2.71. The van der Waals surface area contributed by atoms with E-state index in [9.17, 15) is 4.39 Å². The van der Waals surface area contributed by atoms with Gasteiger partial charge in [-0.3, -0.25) is 0 Å². The fraction of sp³-hybridized carbons (Fsp3) is 0.357. The van der Waals surface area contributed by atoms with E-state index in [2.05, 4.69) is 57.8 Å². The number of halogens is 3. The molecule has 0 atom stereocenters. The fourth-order valence-electron chi connectivity index (χ4n) is 3.51. The highest BCUT2D eigenvalue weighted by Gasteiger charge is 2.21. The number of rotatable bonds is 4. The first-order valence-corrected chi connectivity index (χ1v) is 12.8. The third-order valence-electron chi connectivity index (χ3n) is 5.74. The van der Waals surface area contributed by atoms with Crippen molar-refractivity contribution in [2.45, 2.75) is 65.5 Å². The Balaban J connectivity index is 0.000000206. The minimum Gasteiger partial charge on any atom is -0.325 e. The average molecular weight is 546 g/mol. The molecular weight excluding hydrogens is 510 g/mol. The van der Waals surface area contributed by atoms with E-state index >= 15 is 0 Å². The second-order valence-corrected chi connectivity index (χ2v) is 11.7. The third-order valence-corrected chi connectivity index (χ3v) is 6.28. The van der Waals surface area contributed by atoms with Gasteiger partial charge in [-0.1, -0.05) is 64.7 Å². The minimum absolute atomic E-state index is 0.0155. The third kappa shape index (κ3) is 6.99. The van der Waals surface area contributed by atoms with Crippen molar-refractivity contribution >= 4 is 23.2 Å². The highest BCUT2D eigenvalue weighted by atomic mass is 35.5. The molecule has 4 aromatic rings. The minimum atomic E-state index is -0.442. The summed E-state index contributed by atoms with van der Waals surface area (Å²) in [7, 11) is 0. The lowest BCUT2D eigenvalue weighted by Crippen LogP contribution is -2.12. The van der Waals surface area contributed by atoms with Gasteiger partial charge in [0.05, 0.1) is 39.2 Å². The summed E-state index contributed by atoms with van der Waals surface area (Å²) in [6.07, 6.45) is 0. The summed E-state index contributed by atoms with van der Waals surface area (Å²) in [5, 5.41) is 9.99. The van der Waals surface area contributed by atoms with Crippen molar-refractivity contribution in [2.24, 2.45) is 11.5 Å². The number of nitrogens with two attached hydrogens (primary N) is 2. The number of hydrogen-bond acceptors (Lipinski definition) is 4. The zero-order chi connectivity index (χ0) is 27.5. The van der Waals surface area contributed by atoms with E-state index in [1.807, 2.05) is 35.0 Å². The largest absolute Gasteiger partial charge is 0.325 e. The van der Waals surface area contributed by atoms with Gasteiger partial charge in [0.25, 0.3) is 0 Å². The van der Waals surface area contributed by atoms with Crippen molar-refractivity contribution in [2.75, 3.05) is 0 Å². The molecular formula is C28H35Cl2FN6. The Labute approximate surface area is 228 Å². The lowest BCUT2D eigenvalue weighted by Gasteiger charge is -2.14. The first-order chi connectivity index (χ1) is 17.2. The van der Waals surface area contributed by atoms with Crippen LogP contribution in [-0.2, 0) is 23.9 Å². The van der Waals surface area contributed by atoms with Crippen LogP contribution in [0.2, 0.25) is 10.0 Å². The van der Waals surface area contributed by atoms with Gasteiger partial charge in [-0.15, -0.1) is 0 Å². The van der Waals surface area contributed by atoms with Crippen LogP contribution in [-0.4, -0.2) is 19.6 Å². The predicted octanol–water partition coefficient (Wildman–Crippen LogP) is 6.70. The molecule has 37 heavy (non-hydrogen) atoms. The maximum absolute atomic E-state index is 13.2. The lowest BCUT2D eigenvalue weighted by atomic mass is 9.92. The topological polar surface area (TPSA) is 87.7 Å². The van der Waals surface area contributed by atoms with Crippen LogP contribution in [0.4, 0.5) is 4.39 Å². The summed E-state index contributed by atoms with van der Waals surface area (Å²) in [4.78, 5) is 0. The highest BCUT2D eigenvalue weighted by molar-refractivity contribution is 6.31. The normalized spacial score (nSPS) is 11.9. The molecule has 0 amide bonds. The van der Waals surface area contributed by atoms with Crippen LogP contribution in [0.15, 0.2) is 54.6 Å². The summed E-state index contributed by atoms with van der Waals surface area (Å²) >= 11 is 11.7. The fourth-order valence-corrected chi connectivity index (χ4v) is 3.81. The first-order valence-electron chi connectivity index (χ1n) is 12.0. The van der Waals surface area contributed by atoms with E-state index in [1.165, 1.54) is 6.07 Å². The van der Waals surface area contributed by atoms with Gasteiger partial charge in [0.15, 0.2) is 0 Å². The molecule has 2 aromatic heterocycles. The molecule has 2 heterocycles. The molecule has 4 rings (SSSR count). The van der Waals surface area contributed by atoms with E-state index in [0.717, 1.165) is 33.5 Å². The average Bonchev–Trinajstić information content (AvgIpc) is 3.46. The molecule has 0 bridgehead atoms. The van der Waals surface area contributed by atoms with Crippen LogP contribution >= 0.6 is 23.2 Å². The Kier molecular flexibility index (Phi) is 8.85. The summed E-state index contributed by atoms with van der Waals surface area (Å²) in [6, 6.07) is 16.2. The molecule has 6 nitrogen and oxygen atoms in total. The van der Waals surface area contributed by atoms with Gasteiger partial charge in [-0.05, 0) is 54.6 Å².